The minimum absolute atomic E-state index is 0.307. The molecule has 227 valence electrons. The minimum Gasteiger partial charge on any atom is -0.508 e. The third-order valence-corrected chi connectivity index (χ3v) is 6.42. The van der Waals surface area contributed by atoms with Crippen molar-refractivity contribution in [3.8, 4) is 39.1 Å². The van der Waals surface area contributed by atoms with Crippen molar-refractivity contribution >= 4 is 10.8 Å². The summed E-state index contributed by atoms with van der Waals surface area (Å²) in [6, 6.07) is 3.06. The van der Waals surface area contributed by atoms with Crippen molar-refractivity contribution in [2.24, 2.45) is 0 Å². The van der Waals surface area contributed by atoms with E-state index >= 15 is 17.6 Å². The topological polar surface area (TPSA) is 20.2 Å². The molecule has 5 rings (SSSR count). The Morgan fingerprint density at radius 2 is 0.659 bits per heavy atom. The summed E-state index contributed by atoms with van der Waals surface area (Å²) in [5, 5.41) is 7.85. The molecule has 0 aromatic heterocycles. The first-order chi connectivity index (χ1) is 20.5. The van der Waals surface area contributed by atoms with E-state index in [9.17, 15) is 53.4 Å². The van der Waals surface area contributed by atoms with Crippen LogP contribution in [0.15, 0.2) is 18.2 Å². The highest BCUT2D eigenvalue weighted by Crippen LogP contribution is 2.49. The van der Waals surface area contributed by atoms with Gasteiger partial charge in [-0.25, -0.2) is 65.9 Å². The number of phenolic OH excluding ortho intramolecular Hbond substituents is 1. The van der Waals surface area contributed by atoms with Crippen molar-refractivity contribution in [2.45, 2.75) is 0 Å². The molecule has 0 unspecified atom stereocenters. The Labute approximate surface area is 233 Å². The van der Waals surface area contributed by atoms with Crippen molar-refractivity contribution in [3.63, 3.8) is 0 Å². The van der Waals surface area contributed by atoms with E-state index in [4.69, 9.17) is 0 Å². The second kappa shape index (κ2) is 10.4. The summed E-state index contributed by atoms with van der Waals surface area (Å²) in [4.78, 5) is 0. The number of hydrogen-bond acceptors (Lipinski definition) is 1. The van der Waals surface area contributed by atoms with Gasteiger partial charge in [0.05, 0.1) is 16.7 Å². The third kappa shape index (κ3) is 4.14. The largest absolute Gasteiger partial charge is 0.508 e. The average Bonchev–Trinajstić information content (AvgIpc) is 3.00. The third-order valence-electron chi connectivity index (χ3n) is 6.42. The highest BCUT2D eigenvalue weighted by molar-refractivity contribution is 6.11. The molecule has 0 amide bonds. The summed E-state index contributed by atoms with van der Waals surface area (Å²) in [6.45, 7) is 0. The lowest BCUT2D eigenvalue weighted by atomic mass is 9.84. The molecular formula is C28H4F15O. The van der Waals surface area contributed by atoms with Crippen LogP contribution in [-0.2, 0) is 0 Å². The first kappa shape index (κ1) is 30.6. The SMILES string of the molecule is Oc1ccc2c(-c3c(F)c(F)c(F)c(F)c3F)[c]c(-c3c(F)c(F)c(F)c(F)c3F)c(-c3c(F)c(F)c(F)c(F)c3F)c2c1. The zero-order valence-corrected chi connectivity index (χ0v) is 20.3. The number of halogens is 15. The zero-order valence-electron chi connectivity index (χ0n) is 20.3. The second-order valence-electron chi connectivity index (χ2n) is 8.81. The van der Waals surface area contributed by atoms with Gasteiger partial charge in [0, 0.05) is 22.8 Å². The lowest BCUT2D eigenvalue weighted by Crippen LogP contribution is -2.09. The summed E-state index contributed by atoms with van der Waals surface area (Å²) in [5.41, 5.74) is -11.3. The molecule has 1 N–H and O–H groups in total. The van der Waals surface area contributed by atoms with E-state index in [-0.39, 0.29) is 0 Å². The molecule has 5 aromatic carbocycles. The number of phenols is 1. The molecule has 1 nitrogen and oxygen atoms in total. The van der Waals surface area contributed by atoms with Crippen LogP contribution in [0.25, 0.3) is 44.2 Å². The van der Waals surface area contributed by atoms with Crippen LogP contribution in [0.2, 0.25) is 0 Å². The van der Waals surface area contributed by atoms with Gasteiger partial charge in [0.25, 0.3) is 0 Å². The van der Waals surface area contributed by atoms with Crippen molar-refractivity contribution in [1.82, 2.24) is 0 Å². The van der Waals surface area contributed by atoms with E-state index in [2.05, 4.69) is 0 Å². The Kier molecular flexibility index (Phi) is 7.21. The molecule has 0 heterocycles. The fourth-order valence-corrected chi connectivity index (χ4v) is 4.46. The molecule has 16 heteroatoms. The van der Waals surface area contributed by atoms with Gasteiger partial charge in [-0.2, -0.15) is 0 Å². The molecule has 0 atom stereocenters. The van der Waals surface area contributed by atoms with Crippen molar-refractivity contribution in [3.05, 3.63) is 112 Å². The molecule has 0 aliphatic heterocycles. The number of rotatable bonds is 3. The van der Waals surface area contributed by atoms with Crippen LogP contribution in [0, 0.1) is 93.3 Å². The maximum Gasteiger partial charge on any atom is 0.200 e. The maximum absolute atomic E-state index is 15.1. The van der Waals surface area contributed by atoms with E-state index < -0.39 is 137 Å². The molecule has 44 heavy (non-hydrogen) atoms. The normalized spacial score (nSPS) is 11.6. The van der Waals surface area contributed by atoms with Gasteiger partial charge >= 0.3 is 0 Å². The van der Waals surface area contributed by atoms with Crippen LogP contribution in [0.3, 0.4) is 0 Å². The highest BCUT2D eigenvalue weighted by atomic mass is 19.2. The van der Waals surface area contributed by atoms with Gasteiger partial charge in [0.1, 0.15) is 5.75 Å². The molecule has 0 fully saturated rings. The molecule has 0 aliphatic rings. The Balaban J connectivity index is 2.16. The Morgan fingerprint density at radius 3 is 1.05 bits per heavy atom. The van der Waals surface area contributed by atoms with Gasteiger partial charge < -0.3 is 5.11 Å². The van der Waals surface area contributed by atoms with E-state index in [0.29, 0.717) is 18.2 Å². The smallest absolute Gasteiger partial charge is 0.200 e. The lowest BCUT2D eigenvalue weighted by molar-refractivity contribution is 0.380. The summed E-state index contributed by atoms with van der Waals surface area (Å²) in [5.74, 6) is -41.9. The predicted octanol–water partition coefficient (Wildman–Crippen LogP) is 9.43. The van der Waals surface area contributed by atoms with E-state index in [1.807, 2.05) is 0 Å². The average molecular weight is 641 g/mol. The molecular weight excluding hydrogens is 637 g/mol. The summed E-state index contributed by atoms with van der Waals surface area (Å²) in [7, 11) is 0. The first-order valence-electron chi connectivity index (χ1n) is 11.3. The number of hydrogen-bond donors (Lipinski definition) is 1. The van der Waals surface area contributed by atoms with Crippen LogP contribution in [0.1, 0.15) is 0 Å². The van der Waals surface area contributed by atoms with Crippen molar-refractivity contribution in [1.29, 1.82) is 0 Å². The van der Waals surface area contributed by atoms with E-state index in [1.54, 1.807) is 6.07 Å². The van der Waals surface area contributed by atoms with Crippen LogP contribution < -0.4 is 0 Å². The van der Waals surface area contributed by atoms with Crippen LogP contribution in [0.4, 0.5) is 65.9 Å². The highest BCUT2D eigenvalue weighted by Gasteiger charge is 2.36. The van der Waals surface area contributed by atoms with Crippen LogP contribution in [-0.4, -0.2) is 5.11 Å². The molecule has 5 aromatic rings. The lowest BCUT2D eigenvalue weighted by Gasteiger charge is -2.20. The van der Waals surface area contributed by atoms with Gasteiger partial charge in [0.15, 0.2) is 69.8 Å². The van der Waals surface area contributed by atoms with Crippen LogP contribution in [0.5, 0.6) is 5.75 Å². The molecule has 0 bridgehead atoms. The summed E-state index contributed by atoms with van der Waals surface area (Å²) in [6.07, 6.45) is 0. The molecule has 0 spiro atoms. The first-order valence-corrected chi connectivity index (χ1v) is 11.3. The van der Waals surface area contributed by atoms with Gasteiger partial charge in [-0.3, -0.25) is 0 Å². The van der Waals surface area contributed by atoms with E-state index in [0.717, 1.165) is 0 Å². The predicted molar refractivity (Wildman–Crippen MR) is 120 cm³/mol. The van der Waals surface area contributed by atoms with E-state index in [1.165, 1.54) is 0 Å². The van der Waals surface area contributed by atoms with Crippen molar-refractivity contribution < 1.29 is 71.0 Å². The summed E-state index contributed by atoms with van der Waals surface area (Å²) < 4.78 is 217. The molecule has 1 radical (unpaired) electrons. The van der Waals surface area contributed by atoms with Gasteiger partial charge in [-0.15, -0.1) is 0 Å². The fraction of sp³-hybridized carbons (Fsp3) is 0. The maximum atomic E-state index is 15.1. The zero-order chi connectivity index (χ0) is 32.7. The molecule has 0 aliphatic carbocycles. The summed E-state index contributed by atoms with van der Waals surface area (Å²) >= 11 is 0. The number of aromatic hydroxyl groups is 1. The van der Waals surface area contributed by atoms with Gasteiger partial charge in [-0.1, -0.05) is 6.07 Å². The second-order valence-corrected chi connectivity index (χ2v) is 8.81. The van der Waals surface area contributed by atoms with Crippen LogP contribution >= 0.6 is 0 Å². The van der Waals surface area contributed by atoms with Gasteiger partial charge in [-0.05, 0) is 22.9 Å². The van der Waals surface area contributed by atoms with Crippen molar-refractivity contribution in [2.75, 3.05) is 0 Å². The molecule has 0 saturated heterocycles. The Hall–Kier alpha value is -4.89. The Morgan fingerprint density at radius 1 is 0.341 bits per heavy atom. The number of fused-ring (bicyclic) bond motifs is 1. The minimum atomic E-state index is -2.83. The molecule has 0 saturated carbocycles. The monoisotopic (exact) mass is 641 g/mol. The standard InChI is InChI=1S/C28H4F15O/c29-14-11(15(30)21(36)26(41)20(14)35)8-4-9(12-16(31)22(37)27(42)23(38)17(12)32)10(7-3-5(44)1-2-6(7)8)13-18(33)24(39)28(43)25(40)19(13)34/h1-3,44H. The fourth-order valence-electron chi connectivity index (χ4n) is 4.46. The number of benzene rings is 5. The quantitative estimate of drug-likeness (QED) is 0.118. The Bertz CT molecular complexity index is 2000. The van der Waals surface area contributed by atoms with Gasteiger partial charge in [0.2, 0.25) is 17.5 Å².